The smallest absolute Gasteiger partial charge is 0.227 e. The van der Waals surface area contributed by atoms with Crippen molar-refractivity contribution in [3.8, 4) is 40.0 Å². The number of nitrogens with zero attached hydrogens (tertiary/aromatic N) is 2. The molecule has 4 rings (SSSR count). The number of oxazole rings is 1. The Hall–Kier alpha value is -3.64. The normalized spacial score (nSPS) is 10.4. The molecule has 0 aliphatic rings. The number of benzene rings is 3. The molecule has 0 saturated carbocycles. The molecule has 118 valence electrons. The lowest BCUT2D eigenvalue weighted by Gasteiger charge is -2.06. The Bertz CT molecular complexity index is 1060. The van der Waals surface area contributed by atoms with Gasteiger partial charge in [0, 0.05) is 11.1 Å². The summed E-state index contributed by atoms with van der Waals surface area (Å²) in [4.78, 5) is 4.45. The summed E-state index contributed by atoms with van der Waals surface area (Å²) in [6, 6.07) is 27.7. The summed E-state index contributed by atoms with van der Waals surface area (Å²) in [5.41, 5.74) is 4.57. The molecule has 1 heterocycles. The van der Waals surface area contributed by atoms with Crippen LogP contribution in [0.15, 0.2) is 89.5 Å². The molecule has 0 aliphatic carbocycles. The van der Waals surface area contributed by atoms with Crippen molar-refractivity contribution in [3.63, 3.8) is 0 Å². The minimum Gasteiger partial charge on any atom is -0.436 e. The summed E-state index contributed by atoms with van der Waals surface area (Å²) in [7, 11) is 0. The monoisotopic (exact) mass is 322 g/mol. The van der Waals surface area contributed by atoms with Crippen LogP contribution in [-0.2, 0) is 0 Å². The van der Waals surface area contributed by atoms with E-state index in [-0.39, 0.29) is 0 Å². The summed E-state index contributed by atoms with van der Waals surface area (Å²) in [5.74, 6) is 1.21. The third-order valence-corrected chi connectivity index (χ3v) is 4.02. The van der Waals surface area contributed by atoms with E-state index < -0.39 is 0 Å². The molecule has 0 bridgehead atoms. The van der Waals surface area contributed by atoms with E-state index in [9.17, 15) is 0 Å². The maximum Gasteiger partial charge on any atom is 0.227 e. The van der Waals surface area contributed by atoms with Gasteiger partial charge in [0.15, 0.2) is 5.76 Å². The molecule has 4 aromatic rings. The van der Waals surface area contributed by atoms with Crippen LogP contribution in [-0.4, -0.2) is 4.98 Å². The van der Waals surface area contributed by atoms with Crippen LogP contribution in [0.4, 0.5) is 0 Å². The van der Waals surface area contributed by atoms with Gasteiger partial charge in [-0.1, -0.05) is 60.7 Å². The molecule has 0 spiro atoms. The molecule has 0 unspecified atom stereocenters. The second-order valence-electron chi connectivity index (χ2n) is 5.63. The fourth-order valence-corrected chi connectivity index (χ4v) is 2.81. The maximum atomic E-state index is 9.06. The van der Waals surface area contributed by atoms with Crippen molar-refractivity contribution >= 4 is 0 Å². The van der Waals surface area contributed by atoms with Crippen LogP contribution in [0.5, 0.6) is 0 Å². The molecule has 0 aliphatic heterocycles. The third kappa shape index (κ3) is 2.93. The lowest BCUT2D eigenvalue weighted by molar-refractivity contribution is 0.589. The number of nitriles is 1. The molecule has 0 N–H and O–H groups in total. The molecule has 0 atom stereocenters. The SMILES string of the molecule is N#Cc1cccc(-c2cnc(-c3ccccc3-c3ccccc3)o2)c1. The van der Waals surface area contributed by atoms with Gasteiger partial charge in [0.05, 0.1) is 17.8 Å². The Morgan fingerprint density at radius 1 is 0.760 bits per heavy atom. The number of hydrogen-bond donors (Lipinski definition) is 0. The number of rotatable bonds is 3. The minimum absolute atomic E-state index is 0.566. The second kappa shape index (κ2) is 6.46. The zero-order chi connectivity index (χ0) is 17.1. The predicted molar refractivity (Wildman–Crippen MR) is 97.5 cm³/mol. The largest absolute Gasteiger partial charge is 0.436 e. The first-order valence-electron chi connectivity index (χ1n) is 7.96. The van der Waals surface area contributed by atoms with Gasteiger partial charge in [0.1, 0.15) is 0 Å². The van der Waals surface area contributed by atoms with Crippen LogP contribution in [0, 0.1) is 11.3 Å². The molecule has 3 nitrogen and oxygen atoms in total. The Morgan fingerprint density at radius 2 is 1.48 bits per heavy atom. The molecule has 0 radical (unpaired) electrons. The molecule has 3 heteroatoms. The molecule has 0 amide bonds. The van der Waals surface area contributed by atoms with Gasteiger partial charge in [0.2, 0.25) is 5.89 Å². The average molecular weight is 322 g/mol. The topological polar surface area (TPSA) is 49.8 Å². The summed E-state index contributed by atoms with van der Waals surface area (Å²) in [6.07, 6.45) is 1.70. The van der Waals surface area contributed by atoms with Crippen LogP contribution in [0.1, 0.15) is 5.56 Å². The molecule has 0 saturated heterocycles. The van der Waals surface area contributed by atoms with Gasteiger partial charge in [-0.25, -0.2) is 4.98 Å². The van der Waals surface area contributed by atoms with Gasteiger partial charge in [-0.2, -0.15) is 5.26 Å². The summed E-state index contributed by atoms with van der Waals surface area (Å²) >= 11 is 0. The molecule has 0 fully saturated rings. The highest BCUT2D eigenvalue weighted by Gasteiger charge is 2.13. The van der Waals surface area contributed by atoms with Crippen LogP contribution in [0.3, 0.4) is 0 Å². The van der Waals surface area contributed by atoms with E-state index in [1.165, 1.54) is 0 Å². The standard InChI is InChI=1S/C22H14N2O/c23-14-16-7-6-10-18(13-16)21-15-24-22(25-21)20-12-5-4-11-19(20)17-8-2-1-3-9-17/h1-13,15H. The lowest BCUT2D eigenvalue weighted by atomic mass is 10.00. The van der Waals surface area contributed by atoms with Crippen molar-refractivity contribution in [1.82, 2.24) is 4.98 Å². The molecule has 25 heavy (non-hydrogen) atoms. The van der Waals surface area contributed by atoms with Crippen molar-refractivity contribution in [2.45, 2.75) is 0 Å². The van der Waals surface area contributed by atoms with Gasteiger partial charge in [-0.3, -0.25) is 0 Å². The van der Waals surface area contributed by atoms with Crippen molar-refractivity contribution in [2.75, 3.05) is 0 Å². The van der Waals surface area contributed by atoms with E-state index in [4.69, 9.17) is 9.68 Å². The Labute approximate surface area is 145 Å². The number of aromatic nitrogens is 1. The van der Waals surface area contributed by atoms with Gasteiger partial charge in [-0.05, 0) is 29.3 Å². The fraction of sp³-hybridized carbons (Fsp3) is 0. The van der Waals surface area contributed by atoms with E-state index in [1.54, 1.807) is 18.3 Å². The van der Waals surface area contributed by atoms with Gasteiger partial charge in [0.25, 0.3) is 0 Å². The van der Waals surface area contributed by atoms with Crippen LogP contribution < -0.4 is 0 Å². The van der Waals surface area contributed by atoms with Crippen molar-refractivity contribution in [1.29, 1.82) is 5.26 Å². The van der Waals surface area contributed by atoms with E-state index in [1.807, 2.05) is 48.5 Å². The Morgan fingerprint density at radius 3 is 2.28 bits per heavy atom. The first-order valence-corrected chi connectivity index (χ1v) is 7.96. The highest BCUT2D eigenvalue weighted by atomic mass is 16.4. The third-order valence-electron chi connectivity index (χ3n) is 4.02. The Balaban J connectivity index is 1.78. The van der Waals surface area contributed by atoms with Gasteiger partial charge < -0.3 is 4.42 Å². The van der Waals surface area contributed by atoms with Crippen LogP contribution >= 0.6 is 0 Å². The van der Waals surface area contributed by atoms with E-state index in [2.05, 4.69) is 29.3 Å². The summed E-state index contributed by atoms with van der Waals surface area (Å²) in [5, 5.41) is 9.06. The first-order chi connectivity index (χ1) is 12.3. The van der Waals surface area contributed by atoms with Crippen LogP contribution in [0.2, 0.25) is 0 Å². The lowest BCUT2D eigenvalue weighted by Crippen LogP contribution is -1.84. The average Bonchev–Trinajstić information content (AvgIpc) is 3.19. The van der Waals surface area contributed by atoms with Crippen LogP contribution in [0.25, 0.3) is 33.9 Å². The highest BCUT2D eigenvalue weighted by Crippen LogP contribution is 2.33. The Kier molecular flexibility index (Phi) is 3.86. The van der Waals surface area contributed by atoms with Gasteiger partial charge >= 0.3 is 0 Å². The molecular weight excluding hydrogens is 308 g/mol. The van der Waals surface area contributed by atoms with E-state index >= 15 is 0 Å². The van der Waals surface area contributed by atoms with E-state index in [0.29, 0.717) is 17.2 Å². The van der Waals surface area contributed by atoms with Crippen molar-refractivity contribution in [3.05, 3.63) is 90.6 Å². The molecular formula is C22H14N2O. The van der Waals surface area contributed by atoms with E-state index in [0.717, 1.165) is 22.3 Å². The summed E-state index contributed by atoms with van der Waals surface area (Å²) < 4.78 is 6.00. The number of hydrogen-bond acceptors (Lipinski definition) is 3. The van der Waals surface area contributed by atoms with Crippen molar-refractivity contribution < 1.29 is 4.42 Å². The second-order valence-corrected chi connectivity index (χ2v) is 5.63. The van der Waals surface area contributed by atoms with Crippen molar-refractivity contribution in [2.24, 2.45) is 0 Å². The highest BCUT2D eigenvalue weighted by molar-refractivity contribution is 5.80. The first kappa shape index (κ1) is 14.9. The zero-order valence-electron chi connectivity index (χ0n) is 13.4. The molecule has 3 aromatic carbocycles. The zero-order valence-corrected chi connectivity index (χ0v) is 13.4. The quantitative estimate of drug-likeness (QED) is 0.497. The predicted octanol–water partition coefficient (Wildman–Crippen LogP) is 5.55. The fourth-order valence-electron chi connectivity index (χ4n) is 2.81. The van der Waals surface area contributed by atoms with Gasteiger partial charge in [-0.15, -0.1) is 0 Å². The summed E-state index contributed by atoms with van der Waals surface area (Å²) in [6.45, 7) is 0. The minimum atomic E-state index is 0.566. The molecule has 1 aromatic heterocycles. The maximum absolute atomic E-state index is 9.06.